The molecule has 0 aromatic heterocycles. The van der Waals surface area contributed by atoms with E-state index < -0.39 is 23.3 Å². The number of esters is 2. The van der Waals surface area contributed by atoms with Crippen LogP contribution in [-0.4, -0.2) is 30.9 Å². The lowest BCUT2D eigenvalue weighted by Crippen LogP contribution is -2.47. The summed E-state index contributed by atoms with van der Waals surface area (Å²) >= 11 is 0. The minimum Gasteiger partial charge on any atom is -0.465 e. The first-order valence-corrected chi connectivity index (χ1v) is 6.70. The van der Waals surface area contributed by atoms with Gasteiger partial charge in [-0.05, 0) is 33.1 Å². The van der Waals surface area contributed by atoms with Gasteiger partial charge in [-0.2, -0.15) is 0 Å². The Kier molecular flexibility index (Phi) is 7.34. The Morgan fingerprint density at radius 1 is 1.00 bits per heavy atom. The summed E-state index contributed by atoms with van der Waals surface area (Å²) in [5.74, 6) is -1.73. The van der Waals surface area contributed by atoms with Crippen LogP contribution in [0.15, 0.2) is 0 Å². The zero-order valence-electron chi connectivity index (χ0n) is 12.4. The van der Waals surface area contributed by atoms with E-state index in [0.29, 0.717) is 0 Å². The van der Waals surface area contributed by atoms with Gasteiger partial charge in [-0.1, -0.05) is 13.8 Å². The molecule has 19 heavy (non-hydrogen) atoms. The van der Waals surface area contributed by atoms with Crippen molar-refractivity contribution in [2.45, 2.75) is 47.5 Å². The van der Waals surface area contributed by atoms with Gasteiger partial charge in [0.15, 0.2) is 5.41 Å². The van der Waals surface area contributed by atoms with Gasteiger partial charge in [-0.25, -0.2) is 0 Å². The van der Waals surface area contributed by atoms with Gasteiger partial charge in [0, 0.05) is 6.42 Å². The van der Waals surface area contributed by atoms with Crippen molar-refractivity contribution in [3.63, 3.8) is 0 Å². The van der Waals surface area contributed by atoms with E-state index in [0.717, 1.165) is 0 Å². The summed E-state index contributed by atoms with van der Waals surface area (Å²) in [5.41, 5.74) is -1.39. The van der Waals surface area contributed by atoms with E-state index in [1.165, 1.54) is 6.92 Å². The fourth-order valence-corrected chi connectivity index (χ4v) is 2.25. The van der Waals surface area contributed by atoms with E-state index >= 15 is 0 Å². The Hall–Kier alpha value is -1.39. The average molecular weight is 272 g/mol. The molecule has 0 amide bonds. The second-order valence-electron chi connectivity index (χ2n) is 4.57. The number of carbonyl (C=O) groups excluding carboxylic acids is 3. The fourth-order valence-electron chi connectivity index (χ4n) is 2.25. The van der Waals surface area contributed by atoms with Crippen LogP contribution in [0.5, 0.6) is 0 Å². The topological polar surface area (TPSA) is 69.7 Å². The van der Waals surface area contributed by atoms with Crippen LogP contribution in [-0.2, 0) is 23.9 Å². The van der Waals surface area contributed by atoms with Crippen LogP contribution in [0.2, 0.25) is 0 Å². The maximum Gasteiger partial charge on any atom is 0.323 e. The first-order chi connectivity index (χ1) is 8.86. The molecule has 5 heteroatoms. The molecule has 0 aliphatic heterocycles. The summed E-state index contributed by atoms with van der Waals surface area (Å²) in [6.45, 7) is 8.61. The molecule has 0 N–H and O–H groups in total. The summed E-state index contributed by atoms with van der Waals surface area (Å²) in [6.07, 6.45) is 0.393. The van der Waals surface area contributed by atoms with Crippen molar-refractivity contribution in [2.75, 3.05) is 13.2 Å². The predicted molar refractivity (Wildman–Crippen MR) is 70.5 cm³/mol. The standard InChI is InChI=1S/C14H24O5/c1-6-14(12(16)18-7-2,13(17)19-8-3)10(4)9-11(5)15/h10H,6-9H2,1-5H3/t10-/m0/s1. The largest absolute Gasteiger partial charge is 0.465 e. The molecule has 0 aromatic rings. The number of hydrogen-bond donors (Lipinski definition) is 0. The Balaban J connectivity index is 5.45. The average Bonchev–Trinajstić information content (AvgIpc) is 2.30. The third-order valence-electron chi connectivity index (χ3n) is 3.27. The second kappa shape index (κ2) is 7.92. The Labute approximate surface area is 114 Å². The molecule has 0 rings (SSSR count). The lowest BCUT2D eigenvalue weighted by molar-refractivity contribution is -0.177. The molecule has 0 spiro atoms. The summed E-state index contributed by atoms with van der Waals surface area (Å²) in [5, 5.41) is 0. The maximum atomic E-state index is 12.2. The molecule has 5 nitrogen and oxygen atoms in total. The van der Waals surface area contributed by atoms with Crippen molar-refractivity contribution < 1.29 is 23.9 Å². The lowest BCUT2D eigenvalue weighted by atomic mass is 9.72. The van der Waals surface area contributed by atoms with Crippen LogP contribution in [0.25, 0.3) is 0 Å². The van der Waals surface area contributed by atoms with Crippen molar-refractivity contribution in [3.8, 4) is 0 Å². The molecule has 0 bridgehead atoms. The van der Waals surface area contributed by atoms with Gasteiger partial charge in [0.05, 0.1) is 13.2 Å². The molecule has 0 unspecified atom stereocenters. The van der Waals surface area contributed by atoms with Gasteiger partial charge in [0.1, 0.15) is 5.78 Å². The van der Waals surface area contributed by atoms with E-state index in [1.807, 2.05) is 0 Å². The number of ketones is 1. The normalized spacial score (nSPS) is 12.7. The molecule has 0 fully saturated rings. The van der Waals surface area contributed by atoms with Gasteiger partial charge in [-0.15, -0.1) is 0 Å². The third kappa shape index (κ3) is 4.04. The second-order valence-corrected chi connectivity index (χ2v) is 4.57. The van der Waals surface area contributed by atoms with Crippen LogP contribution >= 0.6 is 0 Å². The number of Topliss-reactive ketones (excluding diaryl/α,β-unsaturated/α-hetero) is 1. The molecule has 0 aromatic carbocycles. The molecular weight excluding hydrogens is 248 g/mol. The third-order valence-corrected chi connectivity index (χ3v) is 3.27. The van der Waals surface area contributed by atoms with E-state index in [1.54, 1.807) is 27.7 Å². The van der Waals surface area contributed by atoms with Crippen molar-refractivity contribution in [3.05, 3.63) is 0 Å². The van der Waals surface area contributed by atoms with Gasteiger partial charge in [0.2, 0.25) is 0 Å². The van der Waals surface area contributed by atoms with Gasteiger partial charge in [-0.3, -0.25) is 9.59 Å². The Morgan fingerprint density at radius 2 is 1.42 bits per heavy atom. The minimum atomic E-state index is -1.39. The highest BCUT2D eigenvalue weighted by Crippen LogP contribution is 2.37. The van der Waals surface area contributed by atoms with Crippen molar-refractivity contribution in [2.24, 2.45) is 11.3 Å². The van der Waals surface area contributed by atoms with E-state index in [-0.39, 0.29) is 31.8 Å². The number of hydrogen-bond acceptors (Lipinski definition) is 5. The molecule has 0 heterocycles. The van der Waals surface area contributed by atoms with E-state index in [4.69, 9.17) is 9.47 Å². The molecule has 0 radical (unpaired) electrons. The van der Waals surface area contributed by atoms with Crippen molar-refractivity contribution >= 4 is 17.7 Å². The highest BCUT2D eigenvalue weighted by atomic mass is 16.6. The zero-order valence-corrected chi connectivity index (χ0v) is 12.4. The fraction of sp³-hybridized carbons (Fsp3) is 0.786. The quantitative estimate of drug-likeness (QED) is 0.500. The molecule has 0 saturated carbocycles. The molecule has 0 aliphatic rings. The SMILES string of the molecule is CCOC(=O)C(CC)(C(=O)OCC)[C@@H](C)CC(C)=O. The summed E-state index contributed by atoms with van der Waals surface area (Å²) in [4.78, 5) is 35.7. The van der Waals surface area contributed by atoms with Crippen LogP contribution in [0.3, 0.4) is 0 Å². The summed E-state index contributed by atoms with van der Waals surface area (Å²) in [7, 11) is 0. The molecule has 110 valence electrons. The van der Waals surface area contributed by atoms with Crippen LogP contribution < -0.4 is 0 Å². The van der Waals surface area contributed by atoms with Gasteiger partial charge >= 0.3 is 11.9 Å². The van der Waals surface area contributed by atoms with Crippen molar-refractivity contribution in [1.82, 2.24) is 0 Å². The number of ether oxygens (including phenoxy) is 2. The Bertz CT molecular complexity index is 317. The lowest BCUT2D eigenvalue weighted by Gasteiger charge is -2.33. The maximum absolute atomic E-state index is 12.2. The highest BCUT2D eigenvalue weighted by Gasteiger charge is 2.51. The predicted octanol–water partition coefficient (Wildman–Crippen LogP) is 2.12. The zero-order chi connectivity index (χ0) is 15.1. The van der Waals surface area contributed by atoms with E-state index in [2.05, 4.69) is 0 Å². The van der Waals surface area contributed by atoms with Crippen LogP contribution in [0, 0.1) is 11.3 Å². The minimum absolute atomic E-state index is 0.0704. The van der Waals surface area contributed by atoms with Crippen molar-refractivity contribution in [1.29, 1.82) is 0 Å². The smallest absolute Gasteiger partial charge is 0.323 e. The molecule has 0 aliphatic carbocycles. The van der Waals surface area contributed by atoms with Crippen LogP contribution in [0.4, 0.5) is 0 Å². The van der Waals surface area contributed by atoms with Crippen LogP contribution in [0.1, 0.15) is 47.5 Å². The monoisotopic (exact) mass is 272 g/mol. The highest BCUT2D eigenvalue weighted by molar-refractivity contribution is 6.00. The molecular formula is C14H24O5. The molecule has 1 atom stereocenters. The van der Waals surface area contributed by atoms with E-state index in [9.17, 15) is 14.4 Å². The Morgan fingerprint density at radius 3 is 1.68 bits per heavy atom. The first kappa shape index (κ1) is 17.6. The van der Waals surface area contributed by atoms with Gasteiger partial charge < -0.3 is 14.3 Å². The van der Waals surface area contributed by atoms with Gasteiger partial charge in [0.25, 0.3) is 0 Å². The molecule has 0 saturated heterocycles. The number of carbonyl (C=O) groups is 3. The summed E-state index contributed by atoms with van der Waals surface area (Å²) < 4.78 is 10.0. The number of rotatable bonds is 8. The first-order valence-electron chi connectivity index (χ1n) is 6.70. The summed E-state index contributed by atoms with van der Waals surface area (Å²) in [6, 6.07) is 0.